The number of hydrogen-bond donors (Lipinski definition) is 0. The Morgan fingerprint density at radius 2 is 1.81 bits per heavy atom. The second-order valence-corrected chi connectivity index (χ2v) is 5.68. The van der Waals surface area contributed by atoms with Gasteiger partial charge in [0.15, 0.2) is 0 Å². The van der Waals surface area contributed by atoms with Crippen LogP contribution in [-0.2, 0) is 11.4 Å². The van der Waals surface area contributed by atoms with Crippen molar-refractivity contribution in [3.63, 3.8) is 0 Å². The number of ether oxygens (including phenoxy) is 1. The van der Waals surface area contributed by atoms with Crippen LogP contribution < -0.4 is 4.74 Å². The second kappa shape index (κ2) is 8.26. The lowest BCUT2D eigenvalue weighted by atomic mass is 10.1. The van der Waals surface area contributed by atoms with Gasteiger partial charge in [0.1, 0.15) is 24.1 Å². The summed E-state index contributed by atoms with van der Waals surface area (Å²) in [6, 6.07) is 13.6. The first-order chi connectivity index (χ1) is 12.7. The molecule has 0 aliphatic carbocycles. The molecule has 0 aliphatic rings. The average Bonchev–Trinajstić information content (AvgIpc) is 3.19. The predicted octanol–water partition coefficient (Wildman–Crippen LogP) is 3.20. The summed E-state index contributed by atoms with van der Waals surface area (Å²) in [5.41, 5.74) is 1.63. The molecule has 3 rings (SSSR count). The monoisotopic (exact) mass is 370 g/mol. The Balaban J connectivity index is 1.80. The Kier molecular flexibility index (Phi) is 5.60. The van der Waals surface area contributed by atoms with Gasteiger partial charge in [-0.15, -0.1) is 0 Å². The van der Waals surface area contributed by atoms with Gasteiger partial charge in [0, 0.05) is 10.6 Å². The summed E-state index contributed by atoms with van der Waals surface area (Å²) >= 11 is 5.93. The minimum absolute atomic E-state index is 0.289. The van der Waals surface area contributed by atoms with Gasteiger partial charge in [-0.05, 0) is 36.4 Å². The van der Waals surface area contributed by atoms with Crippen LogP contribution in [0.4, 0.5) is 0 Å². The maximum atomic E-state index is 12.2. The number of benzene rings is 2. The predicted molar refractivity (Wildman–Crippen MR) is 96.4 cm³/mol. The first kappa shape index (κ1) is 17.6. The standard InChI is InChI=1S/C18H15ClN4O3/c1-25-16-8-4-14(5-9-16)18(24)26-22-17(10-23-12-20-11-21-23)13-2-6-15(19)7-3-13/h2-9,11-12H,10H2,1H3. The molecule has 7 nitrogen and oxygen atoms in total. The van der Waals surface area contributed by atoms with Crippen LogP contribution in [0.1, 0.15) is 15.9 Å². The van der Waals surface area contributed by atoms with Gasteiger partial charge in [0.05, 0.1) is 19.2 Å². The van der Waals surface area contributed by atoms with Gasteiger partial charge in [-0.1, -0.05) is 28.9 Å². The van der Waals surface area contributed by atoms with Gasteiger partial charge in [0.25, 0.3) is 0 Å². The van der Waals surface area contributed by atoms with Crippen molar-refractivity contribution in [3.05, 3.63) is 77.3 Å². The third kappa shape index (κ3) is 4.46. The van der Waals surface area contributed by atoms with Crippen molar-refractivity contribution in [3.8, 4) is 5.75 Å². The highest BCUT2D eigenvalue weighted by Gasteiger charge is 2.11. The van der Waals surface area contributed by atoms with E-state index in [0.717, 1.165) is 5.56 Å². The average molecular weight is 371 g/mol. The van der Waals surface area contributed by atoms with Crippen LogP contribution in [0.25, 0.3) is 0 Å². The van der Waals surface area contributed by atoms with Crippen LogP contribution in [0, 0.1) is 0 Å². The fourth-order valence-electron chi connectivity index (χ4n) is 2.16. The highest BCUT2D eigenvalue weighted by Crippen LogP contribution is 2.14. The number of aromatic nitrogens is 3. The van der Waals surface area contributed by atoms with Crippen molar-refractivity contribution in [2.24, 2.45) is 5.16 Å². The zero-order valence-electron chi connectivity index (χ0n) is 13.9. The summed E-state index contributed by atoms with van der Waals surface area (Å²) in [7, 11) is 1.56. The lowest BCUT2D eigenvalue weighted by Gasteiger charge is -2.07. The highest BCUT2D eigenvalue weighted by molar-refractivity contribution is 6.30. The first-order valence-corrected chi connectivity index (χ1v) is 8.04. The van der Waals surface area contributed by atoms with Gasteiger partial charge in [-0.25, -0.2) is 14.5 Å². The fourth-order valence-corrected chi connectivity index (χ4v) is 2.29. The zero-order valence-corrected chi connectivity index (χ0v) is 14.6. The molecule has 0 radical (unpaired) electrons. The molecule has 0 unspecified atom stereocenters. The molecule has 0 N–H and O–H groups in total. The SMILES string of the molecule is COc1ccc(C(=O)ON=C(Cn2cncn2)c2ccc(Cl)cc2)cc1. The summed E-state index contributed by atoms with van der Waals surface area (Å²) in [5.74, 6) is 0.0794. The Bertz CT molecular complexity index is 891. The number of hydrogen-bond acceptors (Lipinski definition) is 6. The summed E-state index contributed by atoms with van der Waals surface area (Å²) in [4.78, 5) is 21.2. The largest absolute Gasteiger partial charge is 0.497 e. The van der Waals surface area contributed by atoms with E-state index in [-0.39, 0.29) is 6.54 Å². The topological polar surface area (TPSA) is 78.6 Å². The van der Waals surface area contributed by atoms with E-state index in [1.807, 2.05) is 0 Å². The zero-order chi connectivity index (χ0) is 18.4. The molecule has 8 heteroatoms. The van der Waals surface area contributed by atoms with Gasteiger partial charge in [0.2, 0.25) is 0 Å². The van der Waals surface area contributed by atoms with E-state index in [1.54, 1.807) is 66.6 Å². The maximum Gasteiger partial charge on any atom is 0.365 e. The van der Waals surface area contributed by atoms with E-state index in [4.69, 9.17) is 21.2 Å². The molecule has 0 bridgehead atoms. The third-order valence-electron chi connectivity index (χ3n) is 3.52. The number of carbonyl (C=O) groups is 1. The van der Waals surface area contributed by atoms with Gasteiger partial charge in [-0.3, -0.25) is 0 Å². The van der Waals surface area contributed by atoms with Crippen LogP contribution in [0.5, 0.6) is 5.75 Å². The lowest BCUT2D eigenvalue weighted by molar-refractivity contribution is 0.0515. The summed E-state index contributed by atoms with van der Waals surface area (Å²) in [5, 5.41) is 8.67. The van der Waals surface area contributed by atoms with Crippen LogP contribution in [0.3, 0.4) is 0 Å². The van der Waals surface area contributed by atoms with Crippen molar-refractivity contribution in [1.82, 2.24) is 14.8 Å². The maximum absolute atomic E-state index is 12.2. The van der Waals surface area contributed by atoms with Crippen molar-refractivity contribution < 1.29 is 14.4 Å². The van der Waals surface area contributed by atoms with Gasteiger partial charge < -0.3 is 9.57 Å². The van der Waals surface area contributed by atoms with E-state index >= 15 is 0 Å². The number of rotatable bonds is 6. The number of nitrogens with zero attached hydrogens (tertiary/aromatic N) is 4. The molecule has 0 saturated heterocycles. The molecule has 1 aromatic heterocycles. The molecule has 0 saturated carbocycles. The molecule has 26 heavy (non-hydrogen) atoms. The number of methoxy groups -OCH3 is 1. The van der Waals surface area contributed by atoms with Gasteiger partial charge >= 0.3 is 5.97 Å². The Morgan fingerprint density at radius 1 is 1.12 bits per heavy atom. The minimum atomic E-state index is -0.572. The van der Waals surface area contributed by atoms with Crippen molar-refractivity contribution in [2.75, 3.05) is 7.11 Å². The minimum Gasteiger partial charge on any atom is -0.497 e. The smallest absolute Gasteiger partial charge is 0.365 e. The molecule has 2 aromatic carbocycles. The highest BCUT2D eigenvalue weighted by atomic mass is 35.5. The molecule has 0 aliphatic heterocycles. The van der Waals surface area contributed by atoms with Crippen molar-refractivity contribution in [1.29, 1.82) is 0 Å². The number of oxime groups is 1. The first-order valence-electron chi connectivity index (χ1n) is 7.66. The molecule has 0 fully saturated rings. The summed E-state index contributed by atoms with van der Waals surface area (Å²) < 4.78 is 6.65. The molecule has 0 atom stereocenters. The van der Waals surface area contributed by atoms with Crippen molar-refractivity contribution in [2.45, 2.75) is 6.54 Å². The lowest BCUT2D eigenvalue weighted by Crippen LogP contribution is -2.14. The molecule has 132 valence electrons. The number of halogens is 1. The third-order valence-corrected chi connectivity index (χ3v) is 3.77. The normalized spacial score (nSPS) is 11.2. The molecular weight excluding hydrogens is 356 g/mol. The second-order valence-electron chi connectivity index (χ2n) is 5.25. The number of carbonyl (C=O) groups excluding carboxylic acids is 1. The molecule has 1 heterocycles. The molecule has 3 aromatic rings. The van der Waals surface area contributed by atoms with E-state index in [9.17, 15) is 4.79 Å². The Hall–Kier alpha value is -3.19. The summed E-state index contributed by atoms with van der Waals surface area (Å²) in [6.45, 7) is 0.289. The Morgan fingerprint density at radius 3 is 2.42 bits per heavy atom. The molecule has 0 spiro atoms. The van der Waals surface area contributed by atoms with E-state index in [0.29, 0.717) is 22.0 Å². The van der Waals surface area contributed by atoms with Gasteiger partial charge in [-0.2, -0.15) is 5.10 Å². The van der Waals surface area contributed by atoms with Crippen LogP contribution >= 0.6 is 11.6 Å². The van der Waals surface area contributed by atoms with E-state index in [2.05, 4.69) is 15.2 Å². The van der Waals surface area contributed by atoms with Crippen molar-refractivity contribution >= 4 is 23.3 Å². The Labute approximate surface area is 154 Å². The van der Waals surface area contributed by atoms with E-state index in [1.165, 1.54) is 6.33 Å². The van der Waals surface area contributed by atoms with Crippen LogP contribution in [0.2, 0.25) is 5.02 Å². The van der Waals surface area contributed by atoms with E-state index < -0.39 is 5.97 Å². The van der Waals surface area contributed by atoms with Crippen LogP contribution in [-0.4, -0.2) is 33.6 Å². The molecular formula is C18H15ClN4O3. The van der Waals surface area contributed by atoms with Crippen LogP contribution in [0.15, 0.2) is 66.3 Å². The fraction of sp³-hybridized carbons (Fsp3) is 0.111. The molecule has 0 amide bonds. The quantitative estimate of drug-likeness (QED) is 0.378. The summed E-state index contributed by atoms with van der Waals surface area (Å²) in [6.07, 6.45) is 2.97.